The number of rotatable bonds is 6. The molecule has 18 heavy (non-hydrogen) atoms. The lowest BCUT2D eigenvalue weighted by atomic mass is 9.90. The zero-order chi connectivity index (χ0) is 13.2. The lowest BCUT2D eigenvalue weighted by molar-refractivity contribution is -0.121. The van der Waals surface area contributed by atoms with Crippen LogP contribution in [0.15, 0.2) is 4.52 Å². The number of aliphatic hydroxyl groups is 1. The van der Waals surface area contributed by atoms with Gasteiger partial charge in [0.25, 0.3) is 0 Å². The van der Waals surface area contributed by atoms with Crippen molar-refractivity contribution in [2.45, 2.75) is 31.9 Å². The molecule has 1 aromatic heterocycles. The number of aliphatic hydroxyl groups excluding tert-OH is 1. The van der Waals surface area contributed by atoms with Crippen LogP contribution in [0.4, 0.5) is 0 Å². The van der Waals surface area contributed by atoms with E-state index in [1.54, 1.807) is 11.8 Å². The number of thioether (sulfide) groups is 1. The monoisotopic (exact) mass is 272 g/mol. The maximum atomic E-state index is 9.35. The van der Waals surface area contributed by atoms with Gasteiger partial charge in [0.05, 0.1) is 25.1 Å². The van der Waals surface area contributed by atoms with Crippen LogP contribution >= 0.6 is 11.8 Å². The average molecular weight is 272 g/mol. The van der Waals surface area contributed by atoms with Crippen molar-refractivity contribution in [3.05, 3.63) is 11.7 Å². The minimum atomic E-state index is -0.0696. The third kappa shape index (κ3) is 2.87. The summed E-state index contributed by atoms with van der Waals surface area (Å²) in [6.07, 6.45) is 0. The van der Waals surface area contributed by atoms with Gasteiger partial charge in [0.1, 0.15) is 0 Å². The summed E-state index contributed by atoms with van der Waals surface area (Å²) in [6.45, 7) is 7.59. The Morgan fingerprint density at radius 2 is 2.11 bits per heavy atom. The van der Waals surface area contributed by atoms with Gasteiger partial charge in [0.15, 0.2) is 5.82 Å². The van der Waals surface area contributed by atoms with Gasteiger partial charge < -0.3 is 14.4 Å². The van der Waals surface area contributed by atoms with Gasteiger partial charge in [0, 0.05) is 17.1 Å². The quantitative estimate of drug-likeness (QED) is 0.854. The average Bonchev–Trinajstić information content (AvgIpc) is 2.77. The molecule has 0 aromatic carbocycles. The van der Waals surface area contributed by atoms with E-state index in [1.165, 1.54) is 0 Å². The topological polar surface area (TPSA) is 68.4 Å². The predicted octanol–water partition coefficient (Wildman–Crippen LogP) is 2.00. The Hall–Kier alpha value is -0.590. The van der Waals surface area contributed by atoms with E-state index in [-0.39, 0.29) is 23.2 Å². The zero-order valence-corrected chi connectivity index (χ0v) is 11.9. The Labute approximate surface area is 111 Å². The maximum absolute atomic E-state index is 9.35. The summed E-state index contributed by atoms with van der Waals surface area (Å²) in [5.41, 5.74) is -0.0696. The molecular formula is C12H20N2O3S. The summed E-state index contributed by atoms with van der Waals surface area (Å²) in [4.78, 5) is 4.39. The van der Waals surface area contributed by atoms with Crippen molar-refractivity contribution in [1.82, 2.24) is 10.1 Å². The Morgan fingerprint density at radius 3 is 2.56 bits per heavy atom. The standard InChI is InChI=1S/C12H20N2O3S/c1-8(2)10-13-11(17-14-10)9(3)18-7-12(4-15)5-16-6-12/h8-9,15H,4-7H2,1-3H3. The van der Waals surface area contributed by atoms with Crippen LogP contribution in [0, 0.1) is 5.41 Å². The predicted molar refractivity (Wildman–Crippen MR) is 69.6 cm³/mol. The van der Waals surface area contributed by atoms with Crippen molar-refractivity contribution in [2.24, 2.45) is 5.41 Å². The van der Waals surface area contributed by atoms with Crippen LogP contribution in [0.1, 0.15) is 43.7 Å². The number of hydrogen-bond donors (Lipinski definition) is 1. The number of hydrogen-bond acceptors (Lipinski definition) is 6. The molecule has 0 radical (unpaired) electrons. The summed E-state index contributed by atoms with van der Waals surface area (Å²) in [7, 11) is 0. The fourth-order valence-corrected chi connectivity index (χ4v) is 2.73. The van der Waals surface area contributed by atoms with Crippen molar-refractivity contribution in [2.75, 3.05) is 25.6 Å². The molecule has 102 valence electrons. The van der Waals surface area contributed by atoms with Crippen molar-refractivity contribution < 1.29 is 14.4 Å². The minimum absolute atomic E-state index is 0.0696. The van der Waals surface area contributed by atoms with E-state index in [0.29, 0.717) is 19.1 Å². The highest BCUT2D eigenvalue weighted by molar-refractivity contribution is 7.99. The number of nitrogens with zero attached hydrogens (tertiary/aromatic N) is 2. The van der Waals surface area contributed by atoms with Gasteiger partial charge in [-0.2, -0.15) is 4.98 Å². The third-order valence-corrected chi connectivity index (χ3v) is 4.59. The van der Waals surface area contributed by atoms with E-state index in [1.807, 2.05) is 20.8 Å². The first-order valence-corrected chi connectivity index (χ1v) is 7.25. The fraction of sp³-hybridized carbons (Fsp3) is 0.833. The van der Waals surface area contributed by atoms with Gasteiger partial charge in [-0.1, -0.05) is 19.0 Å². The first kappa shape index (κ1) is 13.8. The Balaban J connectivity index is 1.88. The molecule has 1 aromatic rings. The Bertz CT molecular complexity index is 385. The summed E-state index contributed by atoms with van der Waals surface area (Å²) < 4.78 is 10.4. The van der Waals surface area contributed by atoms with E-state index in [4.69, 9.17) is 9.26 Å². The molecule has 0 amide bonds. The van der Waals surface area contributed by atoms with E-state index < -0.39 is 0 Å². The van der Waals surface area contributed by atoms with E-state index >= 15 is 0 Å². The molecule has 0 bridgehead atoms. The van der Waals surface area contributed by atoms with Gasteiger partial charge >= 0.3 is 0 Å². The normalized spacial score (nSPS) is 19.8. The fourth-order valence-electron chi connectivity index (χ4n) is 1.63. The highest BCUT2D eigenvalue weighted by atomic mass is 32.2. The van der Waals surface area contributed by atoms with Crippen molar-refractivity contribution in [1.29, 1.82) is 0 Å². The molecule has 1 unspecified atom stereocenters. The van der Waals surface area contributed by atoms with Gasteiger partial charge in [0.2, 0.25) is 5.89 Å². The van der Waals surface area contributed by atoms with Crippen LogP contribution in [0.3, 0.4) is 0 Å². The van der Waals surface area contributed by atoms with Crippen LogP contribution in [0.25, 0.3) is 0 Å². The Kier molecular flexibility index (Phi) is 4.29. The number of ether oxygens (including phenoxy) is 1. The highest BCUT2D eigenvalue weighted by Gasteiger charge is 2.38. The van der Waals surface area contributed by atoms with E-state index in [2.05, 4.69) is 10.1 Å². The summed E-state index contributed by atoms with van der Waals surface area (Å²) >= 11 is 1.73. The molecule has 1 saturated heterocycles. The molecule has 2 rings (SSSR count). The molecule has 5 nitrogen and oxygen atoms in total. The van der Waals surface area contributed by atoms with Crippen molar-refractivity contribution >= 4 is 11.8 Å². The summed E-state index contributed by atoms with van der Waals surface area (Å²) in [5.74, 6) is 2.55. The second kappa shape index (κ2) is 5.59. The second-order valence-corrected chi connectivity index (χ2v) is 6.58. The lowest BCUT2D eigenvalue weighted by Crippen LogP contribution is -2.47. The van der Waals surface area contributed by atoms with Gasteiger partial charge in [-0.05, 0) is 6.92 Å². The smallest absolute Gasteiger partial charge is 0.239 e. The van der Waals surface area contributed by atoms with Gasteiger partial charge in [-0.15, -0.1) is 11.8 Å². The SMILES string of the molecule is CC(C)c1noc(C(C)SCC2(CO)COC2)n1. The second-order valence-electron chi connectivity index (χ2n) is 5.25. The van der Waals surface area contributed by atoms with Gasteiger partial charge in [-0.25, -0.2) is 0 Å². The molecule has 0 spiro atoms. The largest absolute Gasteiger partial charge is 0.396 e. The molecule has 0 aliphatic carbocycles. The summed E-state index contributed by atoms with van der Waals surface area (Å²) in [6, 6.07) is 0. The molecule has 1 fully saturated rings. The summed E-state index contributed by atoms with van der Waals surface area (Å²) in [5, 5.41) is 13.5. The van der Waals surface area contributed by atoms with Crippen LogP contribution in [0.5, 0.6) is 0 Å². The zero-order valence-electron chi connectivity index (χ0n) is 11.0. The first-order valence-electron chi connectivity index (χ1n) is 6.20. The molecule has 1 aliphatic heterocycles. The molecule has 1 atom stereocenters. The van der Waals surface area contributed by atoms with Gasteiger partial charge in [-0.3, -0.25) is 0 Å². The molecule has 2 heterocycles. The molecule has 6 heteroatoms. The number of aromatic nitrogens is 2. The van der Waals surface area contributed by atoms with E-state index in [9.17, 15) is 5.11 Å². The molecule has 1 aliphatic rings. The van der Waals surface area contributed by atoms with E-state index in [0.717, 1.165) is 11.6 Å². The van der Waals surface area contributed by atoms with Crippen molar-refractivity contribution in [3.63, 3.8) is 0 Å². The maximum Gasteiger partial charge on any atom is 0.239 e. The van der Waals surface area contributed by atoms with Crippen LogP contribution in [-0.2, 0) is 4.74 Å². The van der Waals surface area contributed by atoms with Crippen LogP contribution < -0.4 is 0 Å². The third-order valence-electron chi connectivity index (χ3n) is 3.11. The van der Waals surface area contributed by atoms with Crippen molar-refractivity contribution in [3.8, 4) is 0 Å². The Morgan fingerprint density at radius 1 is 1.39 bits per heavy atom. The highest BCUT2D eigenvalue weighted by Crippen LogP contribution is 2.37. The van der Waals surface area contributed by atoms with Crippen LogP contribution in [-0.4, -0.2) is 40.8 Å². The lowest BCUT2D eigenvalue weighted by Gasteiger charge is -2.39. The molecule has 0 saturated carbocycles. The molecule has 1 N–H and O–H groups in total. The first-order chi connectivity index (χ1) is 8.56. The van der Waals surface area contributed by atoms with Crippen LogP contribution in [0.2, 0.25) is 0 Å². The minimum Gasteiger partial charge on any atom is -0.396 e. The molecular weight excluding hydrogens is 252 g/mol.